The van der Waals surface area contributed by atoms with E-state index in [1.807, 2.05) is 0 Å². The lowest BCUT2D eigenvalue weighted by Crippen LogP contribution is -2.46. The van der Waals surface area contributed by atoms with Crippen LogP contribution in [0, 0.1) is 5.92 Å². The van der Waals surface area contributed by atoms with Crippen LogP contribution in [0.15, 0.2) is 0 Å². The Kier molecular flexibility index (Phi) is 5.79. The van der Waals surface area contributed by atoms with E-state index >= 15 is 0 Å². The largest absolute Gasteiger partial charge is 0.423 e. The molecule has 0 aromatic heterocycles. The second-order valence-corrected chi connectivity index (χ2v) is 4.86. The smallest absolute Gasteiger partial charge is 0.356 e. The van der Waals surface area contributed by atoms with Gasteiger partial charge >= 0.3 is 12.4 Å². The molecule has 0 bridgehead atoms. The summed E-state index contributed by atoms with van der Waals surface area (Å²) in [5, 5.41) is 2.47. The van der Waals surface area contributed by atoms with Crippen LogP contribution in [0.25, 0.3) is 0 Å². The summed E-state index contributed by atoms with van der Waals surface area (Å²) in [7, 11) is 0. The fourth-order valence-electron chi connectivity index (χ4n) is 1.95. The average Bonchev–Trinajstić information content (AvgIpc) is 2.71. The summed E-state index contributed by atoms with van der Waals surface area (Å²) in [6, 6.07) is -1.36. The van der Waals surface area contributed by atoms with Crippen molar-refractivity contribution in [1.82, 2.24) is 5.32 Å². The first-order valence-corrected chi connectivity index (χ1v) is 6.24. The highest BCUT2D eigenvalue weighted by Crippen LogP contribution is 2.35. The highest BCUT2D eigenvalue weighted by Gasteiger charge is 2.58. The Labute approximate surface area is 121 Å². The zero-order valence-corrected chi connectivity index (χ0v) is 11.1. The van der Waals surface area contributed by atoms with Crippen LogP contribution in [-0.4, -0.2) is 49.3 Å². The van der Waals surface area contributed by atoms with Gasteiger partial charge in [0, 0.05) is 12.5 Å². The summed E-state index contributed by atoms with van der Waals surface area (Å²) in [6.07, 6.45) is -15.2. The molecule has 1 saturated heterocycles. The van der Waals surface area contributed by atoms with E-state index < -0.39 is 42.8 Å². The third-order valence-corrected chi connectivity index (χ3v) is 3.10. The molecule has 0 radical (unpaired) electrons. The van der Waals surface area contributed by atoms with Gasteiger partial charge in [0.05, 0.1) is 6.04 Å². The minimum Gasteiger partial charge on any atom is -0.356 e. The number of rotatable bonds is 6. The predicted octanol–water partition coefficient (Wildman–Crippen LogP) is 0.919. The fourth-order valence-corrected chi connectivity index (χ4v) is 1.95. The van der Waals surface area contributed by atoms with Gasteiger partial charge in [-0.15, -0.1) is 0 Å². The van der Waals surface area contributed by atoms with E-state index in [4.69, 9.17) is 5.73 Å². The molecule has 1 heterocycles. The molecule has 0 aromatic rings. The Bertz CT molecular complexity index is 409. The molecule has 2 unspecified atom stereocenters. The molecule has 5 nitrogen and oxygen atoms in total. The lowest BCUT2D eigenvalue weighted by Gasteiger charge is -2.23. The highest BCUT2D eigenvalue weighted by atomic mass is 19.4. The summed E-state index contributed by atoms with van der Waals surface area (Å²) in [5.41, 5.74) is 5.39. The van der Waals surface area contributed by atoms with Crippen molar-refractivity contribution < 1.29 is 40.7 Å². The number of ketones is 1. The van der Waals surface area contributed by atoms with Gasteiger partial charge < -0.3 is 15.8 Å². The molecule has 1 rings (SSSR count). The minimum atomic E-state index is -5.69. The van der Waals surface area contributed by atoms with Crippen LogP contribution in [0.5, 0.6) is 0 Å². The maximum atomic E-state index is 12.2. The number of halogens is 6. The van der Waals surface area contributed by atoms with Crippen molar-refractivity contribution in [3.63, 3.8) is 0 Å². The molecule has 128 valence electrons. The quantitative estimate of drug-likeness (QED) is 0.707. The molecule has 1 fully saturated rings. The van der Waals surface area contributed by atoms with E-state index in [1.54, 1.807) is 0 Å². The van der Waals surface area contributed by atoms with E-state index in [2.05, 4.69) is 10.1 Å². The van der Waals surface area contributed by atoms with Crippen molar-refractivity contribution in [2.75, 3.05) is 13.2 Å². The van der Waals surface area contributed by atoms with E-state index in [9.17, 15) is 35.9 Å². The lowest BCUT2D eigenvalue weighted by atomic mass is 9.97. The van der Waals surface area contributed by atoms with E-state index in [0.29, 0.717) is 13.0 Å². The Morgan fingerprint density at radius 1 is 1.27 bits per heavy atom. The Hall–Kier alpha value is -1.36. The molecule has 1 aliphatic rings. The van der Waals surface area contributed by atoms with Crippen LogP contribution in [0.3, 0.4) is 0 Å². The second kappa shape index (κ2) is 6.82. The number of carbonyl (C=O) groups excluding carboxylic acids is 2. The number of ether oxygens (including phenoxy) is 1. The molecular formula is C11H14F6N2O3. The number of nitrogens with one attached hydrogen (secondary N) is 1. The number of amides is 1. The van der Waals surface area contributed by atoms with Gasteiger partial charge in [0.1, 0.15) is 6.61 Å². The minimum absolute atomic E-state index is 0.156. The molecule has 0 aromatic carbocycles. The summed E-state index contributed by atoms with van der Waals surface area (Å²) >= 11 is 0. The first-order valence-electron chi connectivity index (χ1n) is 6.24. The molecule has 0 spiro atoms. The van der Waals surface area contributed by atoms with Gasteiger partial charge in [0.2, 0.25) is 12.0 Å². The maximum Gasteiger partial charge on any atom is 0.423 e. The SMILES string of the molecule is NC(CC1CCNC1=O)C(=O)COC(C(F)(F)F)C(F)(F)F. The van der Waals surface area contributed by atoms with Gasteiger partial charge in [0.15, 0.2) is 5.78 Å². The summed E-state index contributed by atoms with van der Waals surface area (Å²) in [6.45, 7) is -1.05. The topological polar surface area (TPSA) is 81.4 Å². The highest BCUT2D eigenvalue weighted by molar-refractivity contribution is 5.86. The monoisotopic (exact) mass is 336 g/mol. The first kappa shape index (κ1) is 18.7. The maximum absolute atomic E-state index is 12.2. The predicted molar refractivity (Wildman–Crippen MR) is 60.6 cm³/mol. The van der Waals surface area contributed by atoms with E-state index in [-0.39, 0.29) is 12.3 Å². The summed E-state index contributed by atoms with van der Waals surface area (Å²) in [5.74, 6) is -2.06. The van der Waals surface area contributed by atoms with Gasteiger partial charge in [-0.1, -0.05) is 0 Å². The van der Waals surface area contributed by atoms with Gasteiger partial charge in [0.25, 0.3) is 0 Å². The van der Waals surface area contributed by atoms with E-state index in [0.717, 1.165) is 0 Å². The second-order valence-electron chi connectivity index (χ2n) is 4.86. The standard InChI is InChI=1S/C11H14F6N2O3/c12-10(13,14)9(11(15,16)17)22-4-7(20)6(18)3-5-1-2-19-8(5)21/h5-6,9H,1-4,18H2,(H,19,21). The number of nitrogens with two attached hydrogens (primary N) is 1. The third kappa shape index (κ3) is 5.13. The normalized spacial score (nSPS) is 21.1. The van der Waals surface area contributed by atoms with Crippen LogP contribution in [0.4, 0.5) is 26.3 Å². The Balaban J connectivity index is 2.54. The molecule has 22 heavy (non-hydrogen) atoms. The van der Waals surface area contributed by atoms with Crippen molar-refractivity contribution in [1.29, 1.82) is 0 Å². The van der Waals surface area contributed by atoms with Crippen molar-refractivity contribution in [2.24, 2.45) is 11.7 Å². The van der Waals surface area contributed by atoms with Crippen LogP contribution in [0.2, 0.25) is 0 Å². The van der Waals surface area contributed by atoms with Crippen molar-refractivity contribution in [2.45, 2.75) is 37.3 Å². The Morgan fingerprint density at radius 2 is 1.82 bits per heavy atom. The average molecular weight is 336 g/mol. The number of alkyl halides is 6. The summed E-state index contributed by atoms with van der Waals surface area (Å²) in [4.78, 5) is 22.7. The van der Waals surface area contributed by atoms with Crippen LogP contribution in [0.1, 0.15) is 12.8 Å². The molecule has 3 N–H and O–H groups in total. The van der Waals surface area contributed by atoms with Crippen LogP contribution in [-0.2, 0) is 14.3 Å². The number of hydrogen-bond acceptors (Lipinski definition) is 4. The van der Waals surface area contributed by atoms with Gasteiger partial charge in [-0.2, -0.15) is 26.3 Å². The molecule has 0 aliphatic carbocycles. The van der Waals surface area contributed by atoms with Crippen molar-refractivity contribution in [3.05, 3.63) is 0 Å². The molecular weight excluding hydrogens is 322 g/mol. The van der Waals surface area contributed by atoms with Crippen LogP contribution < -0.4 is 11.1 Å². The molecule has 0 saturated carbocycles. The zero-order chi connectivity index (χ0) is 17.1. The molecule has 1 amide bonds. The first-order chi connectivity index (χ1) is 9.93. The number of carbonyl (C=O) groups is 2. The zero-order valence-electron chi connectivity index (χ0n) is 11.1. The number of Topliss-reactive ketones (excluding diaryl/α,β-unsaturated/α-hetero) is 1. The molecule has 11 heteroatoms. The lowest BCUT2D eigenvalue weighted by molar-refractivity contribution is -0.319. The van der Waals surface area contributed by atoms with E-state index in [1.165, 1.54) is 0 Å². The van der Waals surface area contributed by atoms with Crippen molar-refractivity contribution in [3.8, 4) is 0 Å². The third-order valence-electron chi connectivity index (χ3n) is 3.10. The van der Waals surface area contributed by atoms with Crippen LogP contribution >= 0.6 is 0 Å². The Morgan fingerprint density at radius 3 is 2.23 bits per heavy atom. The van der Waals surface area contributed by atoms with Gasteiger partial charge in [-0.3, -0.25) is 9.59 Å². The molecule has 1 aliphatic heterocycles. The molecule has 2 atom stereocenters. The van der Waals surface area contributed by atoms with Crippen molar-refractivity contribution >= 4 is 11.7 Å². The van der Waals surface area contributed by atoms with Gasteiger partial charge in [-0.05, 0) is 12.8 Å². The number of hydrogen-bond donors (Lipinski definition) is 2. The van der Waals surface area contributed by atoms with Gasteiger partial charge in [-0.25, -0.2) is 0 Å². The fraction of sp³-hybridized carbons (Fsp3) is 0.818. The summed E-state index contributed by atoms with van der Waals surface area (Å²) < 4.78 is 76.9.